The van der Waals surface area contributed by atoms with Crippen LogP contribution in [-0.4, -0.2) is 19.2 Å². The maximum atomic E-state index is 10.9. The van der Waals surface area contributed by atoms with Crippen LogP contribution in [0.2, 0.25) is 0 Å². The number of nitrogens with zero attached hydrogens (tertiary/aromatic N) is 1. The van der Waals surface area contributed by atoms with Gasteiger partial charge in [0.05, 0.1) is 19.1 Å². The van der Waals surface area contributed by atoms with E-state index in [4.69, 9.17) is 5.26 Å². The smallest absolute Gasteiger partial charge is 0.407 e. The standard InChI is InChI=1S/C9H14N2O2/c1-13-9(12)11-8-5-3-2-4-7(8)6-10/h7-8H,2-5H2,1H3,(H,11,12)/t7-,8+/m0/s1. The summed E-state index contributed by atoms with van der Waals surface area (Å²) in [7, 11) is 1.33. The summed E-state index contributed by atoms with van der Waals surface area (Å²) >= 11 is 0. The molecule has 1 saturated carbocycles. The molecule has 0 heterocycles. The van der Waals surface area contributed by atoms with E-state index in [1.54, 1.807) is 0 Å². The van der Waals surface area contributed by atoms with Crippen LogP contribution in [0, 0.1) is 17.2 Å². The van der Waals surface area contributed by atoms with Crippen molar-refractivity contribution in [2.75, 3.05) is 7.11 Å². The SMILES string of the molecule is COC(=O)N[C@@H]1CCCC[C@H]1C#N. The summed E-state index contributed by atoms with van der Waals surface area (Å²) in [5.74, 6) is -0.0483. The van der Waals surface area contributed by atoms with Gasteiger partial charge in [-0.15, -0.1) is 0 Å². The Morgan fingerprint density at radius 1 is 1.54 bits per heavy atom. The first-order valence-corrected chi connectivity index (χ1v) is 4.52. The molecule has 72 valence electrons. The predicted octanol–water partition coefficient (Wildman–Crippen LogP) is 1.42. The van der Waals surface area contributed by atoms with Gasteiger partial charge in [-0.1, -0.05) is 12.8 Å². The molecule has 1 aliphatic carbocycles. The van der Waals surface area contributed by atoms with E-state index in [-0.39, 0.29) is 12.0 Å². The molecular formula is C9H14N2O2. The number of carbonyl (C=O) groups is 1. The Morgan fingerprint density at radius 3 is 2.85 bits per heavy atom. The second-order valence-electron chi connectivity index (χ2n) is 3.26. The molecule has 1 N–H and O–H groups in total. The monoisotopic (exact) mass is 182 g/mol. The molecule has 13 heavy (non-hydrogen) atoms. The van der Waals surface area contributed by atoms with Crippen molar-refractivity contribution in [3.63, 3.8) is 0 Å². The lowest BCUT2D eigenvalue weighted by molar-refractivity contribution is 0.159. The molecule has 0 aromatic rings. The minimum atomic E-state index is -0.438. The number of nitrogens with one attached hydrogen (secondary N) is 1. The summed E-state index contributed by atoms with van der Waals surface area (Å²) in [5, 5.41) is 11.5. The molecule has 0 unspecified atom stereocenters. The molecule has 0 aromatic carbocycles. The highest BCUT2D eigenvalue weighted by Crippen LogP contribution is 2.23. The van der Waals surface area contributed by atoms with Crippen molar-refractivity contribution >= 4 is 6.09 Å². The normalized spacial score (nSPS) is 27.4. The van der Waals surface area contributed by atoms with E-state index in [1.165, 1.54) is 7.11 Å². The third kappa shape index (κ3) is 2.62. The van der Waals surface area contributed by atoms with Gasteiger partial charge in [-0.2, -0.15) is 5.26 Å². The van der Waals surface area contributed by atoms with Crippen LogP contribution in [0.1, 0.15) is 25.7 Å². The highest BCUT2D eigenvalue weighted by Gasteiger charge is 2.26. The van der Waals surface area contributed by atoms with Crippen molar-refractivity contribution in [3.8, 4) is 6.07 Å². The first-order chi connectivity index (χ1) is 6.27. The summed E-state index contributed by atoms with van der Waals surface area (Å²) in [6, 6.07) is 2.19. The fourth-order valence-electron chi connectivity index (χ4n) is 1.67. The second kappa shape index (κ2) is 4.70. The predicted molar refractivity (Wildman–Crippen MR) is 46.9 cm³/mol. The van der Waals surface area contributed by atoms with Gasteiger partial charge in [0.15, 0.2) is 0 Å². The molecule has 0 radical (unpaired) electrons. The fourth-order valence-corrected chi connectivity index (χ4v) is 1.67. The number of rotatable bonds is 1. The molecule has 1 fully saturated rings. The third-order valence-electron chi connectivity index (χ3n) is 2.42. The van der Waals surface area contributed by atoms with E-state index in [9.17, 15) is 4.79 Å². The molecule has 4 nitrogen and oxygen atoms in total. The van der Waals surface area contributed by atoms with Crippen LogP contribution in [0.3, 0.4) is 0 Å². The van der Waals surface area contributed by atoms with Crippen LogP contribution in [-0.2, 0) is 4.74 Å². The minimum absolute atomic E-state index is 0.0220. The Bertz CT molecular complexity index is 222. The van der Waals surface area contributed by atoms with Gasteiger partial charge in [0.25, 0.3) is 0 Å². The summed E-state index contributed by atoms with van der Waals surface area (Å²) in [6.07, 6.45) is 3.48. The number of methoxy groups -OCH3 is 1. The Hall–Kier alpha value is -1.24. The van der Waals surface area contributed by atoms with Crippen molar-refractivity contribution < 1.29 is 9.53 Å². The van der Waals surface area contributed by atoms with Gasteiger partial charge in [-0.05, 0) is 12.8 Å². The van der Waals surface area contributed by atoms with Crippen molar-refractivity contribution in [3.05, 3.63) is 0 Å². The Balaban J connectivity index is 2.46. The molecule has 0 aliphatic heterocycles. The van der Waals surface area contributed by atoms with E-state index in [2.05, 4.69) is 16.1 Å². The van der Waals surface area contributed by atoms with Crippen molar-refractivity contribution in [1.29, 1.82) is 5.26 Å². The topological polar surface area (TPSA) is 62.1 Å². The lowest BCUT2D eigenvalue weighted by atomic mass is 9.86. The van der Waals surface area contributed by atoms with Crippen molar-refractivity contribution in [2.24, 2.45) is 5.92 Å². The number of nitriles is 1. The van der Waals surface area contributed by atoms with E-state index < -0.39 is 6.09 Å². The molecule has 1 amide bonds. The Labute approximate surface area is 77.9 Å². The highest BCUT2D eigenvalue weighted by atomic mass is 16.5. The zero-order chi connectivity index (χ0) is 9.68. The Kier molecular flexibility index (Phi) is 3.56. The molecule has 0 spiro atoms. The molecular weight excluding hydrogens is 168 g/mol. The number of hydrogen-bond donors (Lipinski definition) is 1. The van der Waals surface area contributed by atoms with Crippen LogP contribution < -0.4 is 5.32 Å². The number of ether oxygens (including phenoxy) is 1. The van der Waals surface area contributed by atoms with E-state index in [1.807, 2.05) is 0 Å². The van der Waals surface area contributed by atoms with Crippen LogP contribution >= 0.6 is 0 Å². The minimum Gasteiger partial charge on any atom is -0.453 e. The largest absolute Gasteiger partial charge is 0.453 e. The van der Waals surface area contributed by atoms with Gasteiger partial charge < -0.3 is 10.1 Å². The van der Waals surface area contributed by atoms with Gasteiger partial charge in [0.2, 0.25) is 0 Å². The maximum absolute atomic E-state index is 10.9. The van der Waals surface area contributed by atoms with Crippen LogP contribution in [0.4, 0.5) is 4.79 Å². The van der Waals surface area contributed by atoms with Gasteiger partial charge in [-0.3, -0.25) is 0 Å². The summed E-state index contributed by atoms with van der Waals surface area (Å²) in [6.45, 7) is 0. The Morgan fingerprint density at radius 2 is 2.23 bits per heavy atom. The lowest BCUT2D eigenvalue weighted by Gasteiger charge is -2.26. The average Bonchev–Trinajstić information content (AvgIpc) is 2.18. The molecule has 1 aliphatic rings. The summed E-state index contributed by atoms with van der Waals surface area (Å²) < 4.78 is 4.49. The van der Waals surface area contributed by atoms with E-state index in [0.29, 0.717) is 0 Å². The number of hydrogen-bond acceptors (Lipinski definition) is 3. The van der Waals surface area contributed by atoms with Gasteiger partial charge in [-0.25, -0.2) is 4.79 Å². The molecule has 4 heteroatoms. The number of alkyl carbamates (subject to hydrolysis) is 1. The molecule has 0 saturated heterocycles. The van der Waals surface area contributed by atoms with Crippen molar-refractivity contribution in [2.45, 2.75) is 31.7 Å². The third-order valence-corrected chi connectivity index (χ3v) is 2.42. The molecule has 2 atom stereocenters. The fraction of sp³-hybridized carbons (Fsp3) is 0.778. The second-order valence-corrected chi connectivity index (χ2v) is 3.26. The van der Waals surface area contributed by atoms with Gasteiger partial charge in [0.1, 0.15) is 0 Å². The lowest BCUT2D eigenvalue weighted by Crippen LogP contribution is -2.41. The first-order valence-electron chi connectivity index (χ1n) is 4.52. The summed E-state index contributed by atoms with van der Waals surface area (Å²) in [5.41, 5.74) is 0. The van der Waals surface area contributed by atoms with Crippen molar-refractivity contribution in [1.82, 2.24) is 5.32 Å². The zero-order valence-electron chi connectivity index (χ0n) is 7.75. The quantitative estimate of drug-likeness (QED) is 0.667. The number of amides is 1. The zero-order valence-corrected chi connectivity index (χ0v) is 7.75. The maximum Gasteiger partial charge on any atom is 0.407 e. The van der Waals surface area contributed by atoms with Crippen LogP contribution in [0.25, 0.3) is 0 Å². The van der Waals surface area contributed by atoms with Gasteiger partial charge >= 0.3 is 6.09 Å². The van der Waals surface area contributed by atoms with E-state index in [0.717, 1.165) is 25.7 Å². The molecule has 1 rings (SSSR count). The average molecular weight is 182 g/mol. The van der Waals surface area contributed by atoms with Gasteiger partial charge in [0, 0.05) is 6.04 Å². The molecule has 0 bridgehead atoms. The van der Waals surface area contributed by atoms with E-state index >= 15 is 0 Å². The summed E-state index contributed by atoms with van der Waals surface area (Å²) in [4.78, 5) is 10.9. The number of carbonyl (C=O) groups excluding carboxylic acids is 1. The molecule has 0 aromatic heterocycles. The van der Waals surface area contributed by atoms with Crippen LogP contribution in [0.15, 0.2) is 0 Å². The van der Waals surface area contributed by atoms with Crippen LogP contribution in [0.5, 0.6) is 0 Å². The highest BCUT2D eigenvalue weighted by molar-refractivity contribution is 5.67. The first kappa shape index (κ1) is 9.85.